The van der Waals surface area contributed by atoms with Crippen molar-refractivity contribution in [2.45, 2.75) is 25.9 Å². The molecule has 1 fully saturated rings. The van der Waals surface area contributed by atoms with Gasteiger partial charge in [-0.1, -0.05) is 12.1 Å². The second kappa shape index (κ2) is 5.65. The maximum absolute atomic E-state index is 11.3. The van der Waals surface area contributed by atoms with Crippen LogP contribution in [-0.4, -0.2) is 27.9 Å². The van der Waals surface area contributed by atoms with Crippen LogP contribution in [0.2, 0.25) is 0 Å². The molecule has 110 valence electrons. The van der Waals surface area contributed by atoms with Crippen molar-refractivity contribution in [3.8, 4) is 11.5 Å². The van der Waals surface area contributed by atoms with Crippen LogP contribution in [0.15, 0.2) is 28.7 Å². The lowest BCUT2D eigenvalue weighted by Gasteiger charge is -2.14. The van der Waals surface area contributed by atoms with E-state index in [9.17, 15) is 9.90 Å². The summed E-state index contributed by atoms with van der Waals surface area (Å²) in [6.07, 6.45) is 1.33. The van der Waals surface area contributed by atoms with E-state index < -0.39 is 12.1 Å². The van der Waals surface area contributed by atoms with Gasteiger partial charge in [0.05, 0.1) is 6.61 Å². The zero-order valence-electron chi connectivity index (χ0n) is 11.7. The van der Waals surface area contributed by atoms with Crippen molar-refractivity contribution >= 4 is 5.97 Å². The highest BCUT2D eigenvalue weighted by molar-refractivity contribution is 5.74. The summed E-state index contributed by atoms with van der Waals surface area (Å²) in [4.78, 5) is 11.3. The molecule has 1 aromatic heterocycles. The number of aryl methyl sites for hydroxylation is 1. The molecule has 21 heavy (non-hydrogen) atoms. The Morgan fingerprint density at radius 3 is 2.62 bits per heavy atom. The average molecular weight is 288 g/mol. The van der Waals surface area contributed by atoms with Gasteiger partial charge in [-0.15, -0.1) is 10.2 Å². The van der Waals surface area contributed by atoms with Crippen molar-refractivity contribution in [1.82, 2.24) is 10.2 Å². The first-order valence-corrected chi connectivity index (χ1v) is 6.88. The van der Waals surface area contributed by atoms with E-state index in [2.05, 4.69) is 10.2 Å². The van der Waals surface area contributed by atoms with Crippen molar-refractivity contribution in [3.05, 3.63) is 35.7 Å². The van der Waals surface area contributed by atoms with E-state index in [0.29, 0.717) is 29.9 Å². The van der Waals surface area contributed by atoms with Crippen LogP contribution in [0, 0.1) is 12.8 Å². The third-order valence-corrected chi connectivity index (χ3v) is 3.41. The van der Waals surface area contributed by atoms with Gasteiger partial charge in [-0.05, 0) is 36.5 Å². The van der Waals surface area contributed by atoms with E-state index in [1.807, 2.05) is 0 Å². The second-order valence-electron chi connectivity index (χ2n) is 5.24. The number of carbonyl (C=O) groups is 1. The highest BCUT2D eigenvalue weighted by Crippen LogP contribution is 2.31. The van der Waals surface area contributed by atoms with E-state index in [0.717, 1.165) is 18.4 Å². The predicted molar refractivity (Wildman–Crippen MR) is 73.5 cm³/mol. The lowest BCUT2D eigenvalue weighted by atomic mass is 10.1. The third kappa shape index (κ3) is 3.28. The first kappa shape index (κ1) is 13.8. The Labute approximate surface area is 121 Å². The Morgan fingerprint density at radius 2 is 2.10 bits per heavy atom. The van der Waals surface area contributed by atoms with Crippen molar-refractivity contribution in [3.63, 3.8) is 0 Å². The molecule has 1 aromatic carbocycles. The standard InChI is InChI=1S/C15H16N2O4/c1-9-16-17-14(21-9)12-6-4-11(5-7-12)13(15(18)19)20-8-10-2-3-10/h4-7,10,13H,2-3,8H2,1H3,(H,18,19). The normalized spacial score (nSPS) is 15.9. The molecular weight excluding hydrogens is 272 g/mol. The number of carboxylic acid groups (broad SMARTS) is 1. The number of aromatic nitrogens is 2. The topological polar surface area (TPSA) is 85.5 Å². The molecule has 1 saturated carbocycles. The van der Waals surface area contributed by atoms with Crippen LogP contribution in [0.4, 0.5) is 0 Å². The second-order valence-corrected chi connectivity index (χ2v) is 5.24. The van der Waals surface area contributed by atoms with Crippen LogP contribution >= 0.6 is 0 Å². The molecule has 1 N–H and O–H groups in total. The number of rotatable bonds is 6. The first-order valence-electron chi connectivity index (χ1n) is 6.88. The van der Waals surface area contributed by atoms with Gasteiger partial charge in [-0.3, -0.25) is 0 Å². The number of ether oxygens (including phenoxy) is 1. The van der Waals surface area contributed by atoms with Gasteiger partial charge in [0.25, 0.3) is 0 Å². The summed E-state index contributed by atoms with van der Waals surface area (Å²) in [6.45, 7) is 2.22. The summed E-state index contributed by atoms with van der Waals surface area (Å²) in [5.74, 6) is 0.458. The summed E-state index contributed by atoms with van der Waals surface area (Å²) in [6, 6.07) is 6.97. The number of hydrogen-bond donors (Lipinski definition) is 1. The van der Waals surface area contributed by atoms with Crippen molar-refractivity contribution in [2.24, 2.45) is 5.92 Å². The minimum absolute atomic E-state index is 0.421. The zero-order valence-corrected chi connectivity index (χ0v) is 11.7. The molecule has 2 aromatic rings. The number of benzene rings is 1. The fourth-order valence-corrected chi connectivity index (χ4v) is 2.04. The summed E-state index contributed by atoms with van der Waals surface area (Å²) < 4.78 is 10.8. The van der Waals surface area contributed by atoms with E-state index in [1.54, 1.807) is 31.2 Å². The van der Waals surface area contributed by atoms with Gasteiger partial charge in [0.2, 0.25) is 11.8 Å². The monoisotopic (exact) mass is 288 g/mol. The molecule has 0 bridgehead atoms. The molecule has 0 aliphatic heterocycles. The minimum Gasteiger partial charge on any atom is -0.479 e. The molecule has 1 unspecified atom stereocenters. The Kier molecular flexibility index (Phi) is 3.70. The Bertz CT molecular complexity index is 631. The van der Waals surface area contributed by atoms with Gasteiger partial charge in [0, 0.05) is 12.5 Å². The summed E-state index contributed by atoms with van der Waals surface area (Å²) in [7, 11) is 0. The van der Waals surface area contributed by atoms with Crippen LogP contribution in [0.3, 0.4) is 0 Å². The fourth-order valence-electron chi connectivity index (χ4n) is 2.04. The molecule has 0 saturated heterocycles. The van der Waals surface area contributed by atoms with Crippen molar-refractivity contribution in [2.75, 3.05) is 6.61 Å². The van der Waals surface area contributed by atoms with E-state index in [1.165, 1.54) is 0 Å². The number of carboxylic acids is 1. The minimum atomic E-state index is -0.975. The third-order valence-electron chi connectivity index (χ3n) is 3.41. The molecule has 1 atom stereocenters. The van der Waals surface area contributed by atoms with E-state index >= 15 is 0 Å². The molecule has 0 radical (unpaired) electrons. The van der Waals surface area contributed by atoms with Gasteiger partial charge in [0.1, 0.15) is 0 Å². The summed E-state index contributed by atoms with van der Waals surface area (Å²) in [5.41, 5.74) is 1.37. The average Bonchev–Trinajstić information content (AvgIpc) is 3.19. The largest absolute Gasteiger partial charge is 0.479 e. The van der Waals surface area contributed by atoms with Crippen LogP contribution in [0.5, 0.6) is 0 Å². The van der Waals surface area contributed by atoms with Crippen LogP contribution in [0.25, 0.3) is 11.5 Å². The smallest absolute Gasteiger partial charge is 0.337 e. The molecule has 0 amide bonds. The van der Waals surface area contributed by atoms with Gasteiger partial charge in [-0.2, -0.15) is 0 Å². The maximum atomic E-state index is 11.3. The molecule has 6 nitrogen and oxygen atoms in total. The number of nitrogens with zero attached hydrogens (tertiary/aromatic N) is 2. The van der Waals surface area contributed by atoms with Crippen LogP contribution in [0.1, 0.15) is 30.4 Å². The lowest BCUT2D eigenvalue weighted by molar-refractivity contribution is -0.151. The summed E-state index contributed by atoms with van der Waals surface area (Å²) >= 11 is 0. The maximum Gasteiger partial charge on any atom is 0.337 e. The Balaban J connectivity index is 1.75. The van der Waals surface area contributed by atoms with Gasteiger partial charge >= 0.3 is 5.97 Å². The van der Waals surface area contributed by atoms with Crippen molar-refractivity contribution < 1.29 is 19.1 Å². The van der Waals surface area contributed by atoms with Gasteiger partial charge < -0.3 is 14.3 Å². The van der Waals surface area contributed by atoms with E-state index in [-0.39, 0.29) is 0 Å². The Hall–Kier alpha value is -2.21. The fraction of sp³-hybridized carbons (Fsp3) is 0.400. The van der Waals surface area contributed by atoms with Crippen LogP contribution in [-0.2, 0) is 9.53 Å². The molecule has 1 aliphatic rings. The molecule has 1 aliphatic carbocycles. The molecule has 3 rings (SSSR count). The SMILES string of the molecule is Cc1nnc(-c2ccc(C(OCC3CC3)C(=O)O)cc2)o1. The molecular formula is C15H16N2O4. The van der Waals surface area contributed by atoms with Gasteiger partial charge in [0.15, 0.2) is 6.10 Å². The Morgan fingerprint density at radius 1 is 1.38 bits per heavy atom. The molecule has 6 heteroatoms. The van der Waals surface area contributed by atoms with E-state index in [4.69, 9.17) is 9.15 Å². The number of hydrogen-bond acceptors (Lipinski definition) is 5. The van der Waals surface area contributed by atoms with Gasteiger partial charge in [-0.25, -0.2) is 4.79 Å². The lowest BCUT2D eigenvalue weighted by Crippen LogP contribution is -2.16. The molecule has 0 spiro atoms. The quantitative estimate of drug-likeness (QED) is 0.879. The first-order chi connectivity index (χ1) is 10.1. The zero-order chi connectivity index (χ0) is 14.8. The predicted octanol–water partition coefficient (Wildman–Crippen LogP) is 2.60. The summed E-state index contributed by atoms with van der Waals surface area (Å²) in [5, 5.41) is 17.0. The van der Waals surface area contributed by atoms with Crippen molar-refractivity contribution in [1.29, 1.82) is 0 Å². The molecule has 1 heterocycles. The van der Waals surface area contributed by atoms with Crippen LogP contribution < -0.4 is 0 Å². The highest BCUT2D eigenvalue weighted by Gasteiger charge is 2.27. The number of aliphatic carboxylic acids is 1. The highest BCUT2D eigenvalue weighted by atomic mass is 16.5.